The summed E-state index contributed by atoms with van der Waals surface area (Å²) >= 11 is 0. The van der Waals surface area contributed by atoms with E-state index >= 15 is 0 Å². The van der Waals surface area contributed by atoms with Gasteiger partial charge in [0.05, 0.1) is 11.6 Å². The molecule has 1 aliphatic carbocycles. The molecule has 1 aliphatic heterocycles. The Bertz CT molecular complexity index is 634. The standard InChI is InChI=1S/C19H25N3O/c1-21(2)18(23)17-7-4-8-19(17)9-10-22(14-19)13-16-6-3-5-15(11-16)12-20/h3,5-6,11,17H,4,7-10,13-14H2,1-2H3/t17-,19+/m1/s1. The Kier molecular flexibility index (Phi) is 4.41. The van der Waals surface area contributed by atoms with Crippen LogP contribution < -0.4 is 0 Å². The first-order valence-electron chi connectivity index (χ1n) is 8.47. The lowest BCUT2D eigenvalue weighted by Gasteiger charge is -2.32. The molecule has 0 N–H and O–H groups in total. The normalized spacial score (nSPS) is 27.3. The molecule has 2 aliphatic rings. The SMILES string of the molecule is CN(C)C(=O)[C@H]1CCC[C@@]12CCN(Cc1cccc(C#N)c1)C2. The predicted molar refractivity (Wildman–Crippen MR) is 89.5 cm³/mol. The highest BCUT2D eigenvalue weighted by Crippen LogP contribution is 2.50. The molecular formula is C19H25N3O. The third-order valence-corrected chi connectivity index (χ3v) is 5.57. The van der Waals surface area contributed by atoms with E-state index in [0.717, 1.165) is 38.0 Å². The Labute approximate surface area is 138 Å². The molecule has 2 fully saturated rings. The summed E-state index contributed by atoms with van der Waals surface area (Å²) in [4.78, 5) is 16.7. The summed E-state index contributed by atoms with van der Waals surface area (Å²) in [5.74, 6) is 0.490. The lowest BCUT2D eigenvalue weighted by molar-refractivity contribution is -0.136. The minimum Gasteiger partial charge on any atom is -0.349 e. The number of hydrogen-bond acceptors (Lipinski definition) is 3. The van der Waals surface area contributed by atoms with E-state index in [1.807, 2.05) is 32.3 Å². The number of benzene rings is 1. The van der Waals surface area contributed by atoms with E-state index in [1.54, 1.807) is 4.90 Å². The van der Waals surface area contributed by atoms with Gasteiger partial charge in [0.2, 0.25) is 5.91 Å². The summed E-state index contributed by atoms with van der Waals surface area (Å²) < 4.78 is 0. The van der Waals surface area contributed by atoms with Gasteiger partial charge in [0.1, 0.15) is 0 Å². The first-order chi connectivity index (χ1) is 11.0. The zero-order valence-electron chi connectivity index (χ0n) is 14.1. The molecule has 0 unspecified atom stereocenters. The van der Waals surface area contributed by atoms with Crippen molar-refractivity contribution >= 4 is 5.91 Å². The Balaban J connectivity index is 1.70. The average molecular weight is 311 g/mol. The van der Waals surface area contributed by atoms with E-state index in [0.29, 0.717) is 5.91 Å². The minimum absolute atomic E-state index is 0.175. The Morgan fingerprint density at radius 1 is 1.43 bits per heavy atom. The molecule has 1 aromatic rings. The van der Waals surface area contributed by atoms with Crippen LogP contribution in [0.2, 0.25) is 0 Å². The highest BCUT2D eigenvalue weighted by Gasteiger charge is 2.50. The van der Waals surface area contributed by atoms with Gasteiger partial charge in [-0.25, -0.2) is 0 Å². The Hall–Kier alpha value is -1.86. The highest BCUT2D eigenvalue weighted by molar-refractivity contribution is 5.79. The van der Waals surface area contributed by atoms with Crippen LogP contribution in [-0.4, -0.2) is 42.9 Å². The van der Waals surface area contributed by atoms with Crippen molar-refractivity contribution < 1.29 is 4.79 Å². The third kappa shape index (κ3) is 3.11. The summed E-state index contributed by atoms with van der Waals surface area (Å²) in [5, 5.41) is 9.03. The van der Waals surface area contributed by atoms with Crippen LogP contribution in [0.15, 0.2) is 24.3 Å². The molecule has 1 aromatic carbocycles. The summed E-state index contributed by atoms with van der Waals surface area (Å²) in [6, 6.07) is 10.1. The van der Waals surface area contributed by atoms with Gasteiger partial charge in [0, 0.05) is 33.1 Å². The summed E-state index contributed by atoms with van der Waals surface area (Å²) in [5.41, 5.74) is 2.08. The second-order valence-electron chi connectivity index (χ2n) is 7.31. The quantitative estimate of drug-likeness (QED) is 0.862. The maximum atomic E-state index is 12.5. The topological polar surface area (TPSA) is 47.3 Å². The van der Waals surface area contributed by atoms with E-state index in [-0.39, 0.29) is 11.3 Å². The first kappa shape index (κ1) is 16.0. The van der Waals surface area contributed by atoms with Gasteiger partial charge in [-0.2, -0.15) is 5.26 Å². The molecule has 1 amide bonds. The number of nitriles is 1. The van der Waals surface area contributed by atoms with Gasteiger partial charge in [-0.1, -0.05) is 18.6 Å². The fourth-order valence-electron chi connectivity index (χ4n) is 4.44. The zero-order valence-corrected chi connectivity index (χ0v) is 14.1. The summed E-state index contributed by atoms with van der Waals surface area (Å²) in [7, 11) is 3.74. The molecule has 4 heteroatoms. The average Bonchev–Trinajstić information content (AvgIpc) is 3.14. The minimum atomic E-state index is 0.175. The van der Waals surface area contributed by atoms with Crippen LogP contribution >= 0.6 is 0 Å². The number of carbonyl (C=O) groups excluding carboxylic acids is 1. The summed E-state index contributed by atoms with van der Waals surface area (Å²) in [6.07, 6.45) is 4.50. The fourth-order valence-corrected chi connectivity index (χ4v) is 4.44. The van der Waals surface area contributed by atoms with Gasteiger partial charge in [-0.3, -0.25) is 9.69 Å². The fraction of sp³-hybridized carbons (Fsp3) is 0.579. The van der Waals surface area contributed by atoms with Crippen LogP contribution in [0.4, 0.5) is 0 Å². The van der Waals surface area contributed by atoms with Gasteiger partial charge in [-0.15, -0.1) is 0 Å². The number of rotatable bonds is 3. The second kappa shape index (κ2) is 6.33. The van der Waals surface area contributed by atoms with Crippen molar-refractivity contribution in [2.75, 3.05) is 27.2 Å². The number of hydrogen-bond donors (Lipinski definition) is 0. The maximum Gasteiger partial charge on any atom is 0.225 e. The lowest BCUT2D eigenvalue weighted by Crippen LogP contribution is -2.40. The molecule has 4 nitrogen and oxygen atoms in total. The van der Waals surface area contributed by atoms with Crippen molar-refractivity contribution in [1.82, 2.24) is 9.80 Å². The summed E-state index contributed by atoms with van der Waals surface area (Å²) in [6.45, 7) is 2.93. The molecule has 0 bridgehead atoms. The van der Waals surface area contributed by atoms with Gasteiger partial charge in [0.15, 0.2) is 0 Å². The maximum absolute atomic E-state index is 12.5. The molecule has 1 saturated heterocycles. The van der Waals surface area contributed by atoms with Crippen LogP contribution in [0, 0.1) is 22.7 Å². The molecular weight excluding hydrogens is 286 g/mol. The smallest absolute Gasteiger partial charge is 0.225 e. The number of carbonyl (C=O) groups is 1. The molecule has 0 radical (unpaired) electrons. The van der Waals surface area contributed by atoms with E-state index < -0.39 is 0 Å². The lowest BCUT2D eigenvalue weighted by atomic mass is 9.76. The van der Waals surface area contributed by atoms with Gasteiger partial charge >= 0.3 is 0 Å². The van der Waals surface area contributed by atoms with Gasteiger partial charge < -0.3 is 4.90 Å². The highest BCUT2D eigenvalue weighted by atomic mass is 16.2. The molecule has 1 spiro atoms. The van der Waals surface area contributed by atoms with Crippen LogP contribution in [0.1, 0.15) is 36.8 Å². The molecule has 1 heterocycles. The van der Waals surface area contributed by atoms with Gasteiger partial charge in [0.25, 0.3) is 0 Å². The molecule has 2 atom stereocenters. The largest absolute Gasteiger partial charge is 0.349 e. The molecule has 122 valence electrons. The van der Waals surface area contributed by atoms with E-state index in [2.05, 4.69) is 17.0 Å². The zero-order chi connectivity index (χ0) is 16.4. The molecule has 3 rings (SSSR count). The molecule has 23 heavy (non-hydrogen) atoms. The van der Waals surface area contributed by atoms with E-state index in [9.17, 15) is 4.79 Å². The predicted octanol–water partition coefficient (Wildman–Crippen LogP) is 2.64. The van der Waals surface area contributed by atoms with E-state index in [4.69, 9.17) is 5.26 Å². The van der Waals surface area contributed by atoms with Crippen molar-refractivity contribution in [1.29, 1.82) is 5.26 Å². The van der Waals surface area contributed by atoms with Crippen molar-refractivity contribution in [2.45, 2.75) is 32.2 Å². The van der Waals surface area contributed by atoms with Crippen LogP contribution in [0.5, 0.6) is 0 Å². The van der Waals surface area contributed by atoms with Crippen molar-refractivity contribution in [3.8, 4) is 6.07 Å². The number of nitrogens with zero attached hydrogens (tertiary/aromatic N) is 3. The first-order valence-corrected chi connectivity index (χ1v) is 8.47. The van der Waals surface area contributed by atoms with Crippen molar-refractivity contribution in [2.24, 2.45) is 11.3 Å². The van der Waals surface area contributed by atoms with Crippen LogP contribution in [-0.2, 0) is 11.3 Å². The number of amides is 1. The van der Waals surface area contributed by atoms with Crippen LogP contribution in [0.25, 0.3) is 0 Å². The Morgan fingerprint density at radius 2 is 2.26 bits per heavy atom. The third-order valence-electron chi connectivity index (χ3n) is 5.57. The number of likely N-dealkylation sites (tertiary alicyclic amines) is 1. The molecule has 1 saturated carbocycles. The van der Waals surface area contributed by atoms with Crippen LogP contribution in [0.3, 0.4) is 0 Å². The second-order valence-corrected chi connectivity index (χ2v) is 7.31. The monoisotopic (exact) mass is 311 g/mol. The van der Waals surface area contributed by atoms with Crippen molar-refractivity contribution in [3.05, 3.63) is 35.4 Å². The van der Waals surface area contributed by atoms with Crippen molar-refractivity contribution in [3.63, 3.8) is 0 Å². The van der Waals surface area contributed by atoms with E-state index in [1.165, 1.54) is 18.4 Å². The molecule has 0 aromatic heterocycles. The van der Waals surface area contributed by atoms with Gasteiger partial charge in [-0.05, 0) is 48.9 Å². The Morgan fingerprint density at radius 3 is 3.00 bits per heavy atom.